The third-order valence-electron chi connectivity index (χ3n) is 5.06. The fraction of sp³-hybridized carbons (Fsp3) is 0.208. The van der Waals surface area contributed by atoms with Crippen molar-refractivity contribution in [1.82, 2.24) is 9.62 Å². The van der Waals surface area contributed by atoms with Gasteiger partial charge >= 0.3 is 0 Å². The van der Waals surface area contributed by atoms with Crippen LogP contribution in [0.4, 0.5) is 0 Å². The Morgan fingerprint density at radius 1 is 1.03 bits per heavy atom. The Hall–Kier alpha value is -2.87. The van der Waals surface area contributed by atoms with Gasteiger partial charge in [-0.15, -0.1) is 0 Å². The molecule has 8 heteroatoms. The normalized spacial score (nSPS) is 11.4. The number of methoxy groups -OCH3 is 1. The zero-order valence-electron chi connectivity index (χ0n) is 18.1. The van der Waals surface area contributed by atoms with E-state index >= 15 is 0 Å². The summed E-state index contributed by atoms with van der Waals surface area (Å²) in [5.74, 6) is 0.205. The van der Waals surface area contributed by atoms with Crippen molar-refractivity contribution in [3.8, 4) is 5.75 Å². The minimum atomic E-state index is -3.70. The van der Waals surface area contributed by atoms with Gasteiger partial charge in [0.25, 0.3) is 5.91 Å². The lowest BCUT2D eigenvalue weighted by atomic mass is 10.1. The van der Waals surface area contributed by atoms with Crippen LogP contribution in [0.2, 0.25) is 5.02 Å². The van der Waals surface area contributed by atoms with Crippen molar-refractivity contribution in [1.29, 1.82) is 0 Å². The molecule has 0 saturated carbocycles. The second-order valence-corrected chi connectivity index (χ2v) is 9.83. The van der Waals surface area contributed by atoms with Gasteiger partial charge in [-0.25, -0.2) is 8.42 Å². The number of aryl methyl sites for hydroxylation is 1. The second kappa shape index (κ2) is 10.2. The molecule has 3 aromatic carbocycles. The van der Waals surface area contributed by atoms with Gasteiger partial charge < -0.3 is 10.1 Å². The Morgan fingerprint density at radius 3 is 2.38 bits per heavy atom. The van der Waals surface area contributed by atoms with E-state index in [0.717, 1.165) is 11.1 Å². The lowest BCUT2D eigenvalue weighted by Gasteiger charge is -2.19. The molecule has 1 N–H and O–H groups in total. The molecule has 0 radical (unpaired) electrons. The molecule has 0 atom stereocenters. The molecule has 32 heavy (non-hydrogen) atoms. The van der Waals surface area contributed by atoms with Crippen molar-refractivity contribution in [3.05, 3.63) is 94.0 Å². The Labute approximate surface area is 193 Å². The number of amides is 1. The van der Waals surface area contributed by atoms with Crippen LogP contribution in [0.15, 0.2) is 71.6 Å². The summed E-state index contributed by atoms with van der Waals surface area (Å²) in [6, 6.07) is 18.9. The minimum Gasteiger partial charge on any atom is -0.496 e. The lowest BCUT2D eigenvalue weighted by molar-refractivity contribution is 0.0950. The first-order chi connectivity index (χ1) is 15.2. The molecular weight excluding hydrogens is 448 g/mol. The van der Waals surface area contributed by atoms with Gasteiger partial charge in [0, 0.05) is 36.3 Å². The van der Waals surface area contributed by atoms with Crippen LogP contribution in [0.1, 0.15) is 27.0 Å². The van der Waals surface area contributed by atoms with Gasteiger partial charge in [0.05, 0.1) is 12.0 Å². The number of benzene rings is 3. The molecule has 1 amide bonds. The van der Waals surface area contributed by atoms with Crippen molar-refractivity contribution < 1.29 is 17.9 Å². The largest absolute Gasteiger partial charge is 0.496 e. The number of carbonyl (C=O) groups is 1. The highest BCUT2D eigenvalue weighted by Gasteiger charge is 2.22. The van der Waals surface area contributed by atoms with E-state index in [-0.39, 0.29) is 23.9 Å². The smallest absolute Gasteiger partial charge is 0.251 e. The van der Waals surface area contributed by atoms with Crippen LogP contribution >= 0.6 is 11.6 Å². The number of nitrogens with zero attached hydrogens (tertiary/aromatic N) is 1. The molecule has 0 fully saturated rings. The maximum Gasteiger partial charge on any atom is 0.251 e. The summed E-state index contributed by atoms with van der Waals surface area (Å²) in [7, 11) is -0.697. The van der Waals surface area contributed by atoms with E-state index < -0.39 is 10.0 Å². The number of hydrogen-bond acceptors (Lipinski definition) is 4. The molecular formula is C24H25ClN2O4S. The number of rotatable bonds is 8. The number of halogens is 1. The van der Waals surface area contributed by atoms with Crippen LogP contribution in [0, 0.1) is 6.92 Å². The summed E-state index contributed by atoms with van der Waals surface area (Å²) >= 11 is 6.15. The van der Waals surface area contributed by atoms with Crippen molar-refractivity contribution in [2.24, 2.45) is 0 Å². The molecule has 6 nitrogen and oxygen atoms in total. The van der Waals surface area contributed by atoms with Crippen molar-refractivity contribution >= 4 is 27.5 Å². The SMILES string of the molecule is COc1ccc(C(=O)NCc2ccccc2Cl)cc1CN(C)S(=O)(=O)c1ccc(C)cc1. The van der Waals surface area contributed by atoms with Gasteiger partial charge in [-0.05, 0) is 48.9 Å². The van der Waals surface area contributed by atoms with E-state index in [1.54, 1.807) is 48.5 Å². The number of carbonyl (C=O) groups excluding carboxylic acids is 1. The van der Waals surface area contributed by atoms with E-state index in [0.29, 0.717) is 21.9 Å². The topological polar surface area (TPSA) is 75.7 Å². The van der Waals surface area contributed by atoms with Gasteiger partial charge in [-0.2, -0.15) is 4.31 Å². The van der Waals surface area contributed by atoms with Crippen LogP contribution in [0.5, 0.6) is 5.75 Å². The third kappa shape index (κ3) is 5.48. The molecule has 0 aliphatic carbocycles. The average Bonchev–Trinajstić information content (AvgIpc) is 2.78. The first-order valence-corrected chi connectivity index (χ1v) is 11.8. The molecule has 0 heterocycles. The van der Waals surface area contributed by atoms with Crippen LogP contribution in [0.3, 0.4) is 0 Å². The second-order valence-electron chi connectivity index (χ2n) is 7.37. The molecule has 0 saturated heterocycles. The van der Waals surface area contributed by atoms with E-state index in [9.17, 15) is 13.2 Å². The monoisotopic (exact) mass is 472 g/mol. The molecule has 168 valence electrons. The standard InChI is InChI=1S/C24H25ClN2O4S/c1-17-8-11-21(12-9-17)32(29,30)27(2)16-20-14-18(10-13-23(20)31-3)24(28)26-15-19-6-4-5-7-22(19)25/h4-14H,15-16H2,1-3H3,(H,26,28). The predicted octanol–water partition coefficient (Wildman–Crippen LogP) is 4.41. The summed E-state index contributed by atoms with van der Waals surface area (Å²) in [5, 5.41) is 3.41. The van der Waals surface area contributed by atoms with Crippen molar-refractivity contribution in [2.75, 3.05) is 14.2 Å². The molecule has 3 aromatic rings. The highest BCUT2D eigenvalue weighted by molar-refractivity contribution is 7.89. The first-order valence-electron chi connectivity index (χ1n) is 9.94. The molecule has 0 unspecified atom stereocenters. The number of sulfonamides is 1. The van der Waals surface area contributed by atoms with E-state index in [1.807, 2.05) is 25.1 Å². The summed E-state index contributed by atoms with van der Waals surface area (Å²) in [6.07, 6.45) is 0. The van der Waals surface area contributed by atoms with Gasteiger partial charge in [0.15, 0.2) is 0 Å². The fourth-order valence-corrected chi connectivity index (χ4v) is 4.53. The zero-order valence-corrected chi connectivity index (χ0v) is 19.7. The van der Waals surface area contributed by atoms with E-state index in [2.05, 4.69) is 5.32 Å². The summed E-state index contributed by atoms with van der Waals surface area (Å²) in [4.78, 5) is 12.9. The highest BCUT2D eigenvalue weighted by Crippen LogP contribution is 2.25. The first kappa shape index (κ1) is 23.8. The summed E-state index contributed by atoms with van der Waals surface area (Å²) < 4.78 is 32.5. The summed E-state index contributed by atoms with van der Waals surface area (Å²) in [6.45, 7) is 2.22. The average molecular weight is 473 g/mol. The van der Waals surface area contributed by atoms with Crippen molar-refractivity contribution in [3.63, 3.8) is 0 Å². The Bertz CT molecular complexity index is 1210. The van der Waals surface area contributed by atoms with E-state index in [1.165, 1.54) is 18.5 Å². The van der Waals surface area contributed by atoms with Gasteiger partial charge in [0.1, 0.15) is 5.75 Å². The predicted molar refractivity (Wildman–Crippen MR) is 125 cm³/mol. The molecule has 0 aliphatic rings. The number of ether oxygens (including phenoxy) is 1. The molecule has 3 rings (SSSR count). The molecule has 0 bridgehead atoms. The zero-order chi connectivity index (χ0) is 23.3. The van der Waals surface area contributed by atoms with Gasteiger partial charge in [-0.3, -0.25) is 4.79 Å². The highest BCUT2D eigenvalue weighted by atomic mass is 35.5. The van der Waals surface area contributed by atoms with Crippen molar-refractivity contribution in [2.45, 2.75) is 24.9 Å². The Kier molecular flexibility index (Phi) is 7.56. The summed E-state index contributed by atoms with van der Waals surface area (Å²) in [5.41, 5.74) is 2.76. The quantitative estimate of drug-likeness (QED) is 0.527. The maximum absolute atomic E-state index is 13.0. The van der Waals surface area contributed by atoms with Gasteiger partial charge in [-0.1, -0.05) is 47.5 Å². The van der Waals surface area contributed by atoms with Crippen LogP contribution in [0.25, 0.3) is 0 Å². The van der Waals surface area contributed by atoms with Crippen LogP contribution < -0.4 is 10.1 Å². The van der Waals surface area contributed by atoms with Gasteiger partial charge in [0.2, 0.25) is 10.0 Å². The molecule has 0 spiro atoms. The van der Waals surface area contributed by atoms with E-state index in [4.69, 9.17) is 16.3 Å². The van der Waals surface area contributed by atoms with Crippen LogP contribution in [-0.2, 0) is 23.1 Å². The lowest BCUT2D eigenvalue weighted by Crippen LogP contribution is -2.27. The maximum atomic E-state index is 13.0. The Balaban J connectivity index is 1.79. The minimum absolute atomic E-state index is 0.0466. The van der Waals surface area contributed by atoms with Crippen LogP contribution in [-0.4, -0.2) is 32.8 Å². The molecule has 0 aromatic heterocycles. The number of nitrogens with one attached hydrogen (secondary N) is 1. The molecule has 0 aliphatic heterocycles. The fourth-order valence-electron chi connectivity index (χ4n) is 3.18. The number of hydrogen-bond donors (Lipinski definition) is 1. The third-order valence-corrected chi connectivity index (χ3v) is 7.25. The Morgan fingerprint density at radius 2 is 1.72 bits per heavy atom.